The molecule has 0 amide bonds. The van der Waals surface area contributed by atoms with Crippen molar-refractivity contribution in [1.29, 1.82) is 0 Å². The summed E-state index contributed by atoms with van der Waals surface area (Å²) in [5.74, 6) is 1.21. The van der Waals surface area contributed by atoms with Crippen LogP contribution >= 0.6 is 0 Å². The first-order chi connectivity index (χ1) is 11.7. The maximum Gasteiger partial charge on any atom is 0.168 e. The lowest BCUT2D eigenvalue weighted by Crippen LogP contribution is -2.46. The Hall–Kier alpha value is -1.68. The number of rotatable bonds is 4. The summed E-state index contributed by atoms with van der Waals surface area (Å²) in [5.41, 5.74) is 2.68. The zero-order chi connectivity index (χ0) is 19.9. The number of phenolic OH excluding ortho intramolecular Hbond substituents is 1. The fraction of sp³-hybridized carbons (Fsp3) is 0.545. The van der Waals surface area contributed by atoms with Crippen molar-refractivity contribution in [3.63, 3.8) is 0 Å². The van der Waals surface area contributed by atoms with Crippen LogP contribution in [0.2, 0.25) is 13.1 Å². The average molecular weight is 375 g/mol. The summed E-state index contributed by atoms with van der Waals surface area (Å²) in [4.78, 5) is 0. The fourth-order valence-corrected chi connectivity index (χ4v) is 4.62. The van der Waals surface area contributed by atoms with E-state index in [1.807, 2.05) is 19.1 Å². The molecule has 0 bridgehead atoms. The first kappa shape index (κ1) is 20.6. The Morgan fingerprint density at radius 2 is 1.46 bits per heavy atom. The van der Waals surface area contributed by atoms with Crippen LogP contribution in [0, 0.1) is 6.92 Å². The number of aromatic hydroxyl groups is 1. The van der Waals surface area contributed by atoms with Crippen LogP contribution in [0.3, 0.4) is 0 Å². The predicted octanol–water partition coefficient (Wildman–Crippen LogP) is 5.42. The SMILES string of the molecule is Cc1coc([Si](C)(C)COc2cc(C(C)(C)C)c(O)c(C(C)(C)C)c2)c1. The Balaban J connectivity index is 2.37. The topological polar surface area (TPSA) is 42.6 Å². The van der Waals surface area contributed by atoms with Gasteiger partial charge >= 0.3 is 0 Å². The molecule has 4 heteroatoms. The van der Waals surface area contributed by atoms with E-state index in [0.717, 1.165) is 27.8 Å². The Morgan fingerprint density at radius 1 is 0.962 bits per heavy atom. The van der Waals surface area contributed by atoms with Crippen LogP contribution in [0.25, 0.3) is 0 Å². The van der Waals surface area contributed by atoms with Gasteiger partial charge in [0.05, 0.1) is 17.9 Å². The lowest BCUT2D eigenvalue weighted by atomic mass is 9.79. The Kier molecular flexibility index (Phi) is 5.40. The number of hydrogen-bond acceptors (Lipinski definition) is 3. The molecule has 0 aliphatic heterocycles. The van der Waals surface area contributed by atoms with E-state index in [0.29, 0.717) is 12.0 Å². The molecule has 144 valence electrons. The van der Waals surface area contributed by atoms with E-state index in [1.54, 1.807) is 6.26 Å². The molecule has 0 spiro atoms. The van der Waals surface area contributed by atoms with Gasteiger partial charge in [-0.2, -0.15) is 0 Å². The van der Waals surface area contributed by atoms with E-state index < -0.39 is 8.07 Å². The van der Waals surface area contributed by atoms with Crippen LogP contribution < -0.4 is 10.1 Å². The van der Waals surface area contributed by atoms with Crippen molar-refractivity contribution in [2.24, 2.45) is 0 Å². The van der Waals surface area contributed by atoms with E-state index in [1.165, 1.54) is 0 Å². The van der Waals surface area contributed by atoms with Gasteiger partial charge < -0.3 is 14.3 Å². The molecular formula is C22H34O3Si. The van der Waals surface area contributed by atoms with Crippen molar-refractivity contribution < 1.29 is 14.3 Å². The monoisotopic (exact) mass is 374 g/mol. The largest absolute Gasteiger partial charge is 0.507 e. The van der Waals surface area contributed by atoms with Crippen LogP contribution in [0.1, 0.15) is 58.2 Å². The summed E-state index contributed by atoms with van der Waals surface area (Å²) in [7, 11) is -1.83. The minimum Gasteiger partial charge on any atom is -0.507 e. The highest BCUT2D eigenvalue weighted by atomic mass is 28.3. The molecule has 0 saturated heterocycles. The summed E-state index contributed by atoms with van der Waals surface area (Å²) in [6.07, 6.45) is 2.44. The maximum atomic E-state index is 10.8. The summed E-state index contributed by atoms with van der Waals surface area (Å²) in [5, 5.41) is 11.9. The minimum absolute atomic E-state index is 0.158. The molecule has 0 aliphatic carbocycles. The molecule has 2 aromatic rings. The van der Waals surface area contributed by atoms with Gasteiger partial charge in [-0.15, -0.1) is 0 Å². The molecule has 1 aromatic heterocycles. The van der Waals surface area contributed by atoms with Gasteiger partial charge in [-0.05, 0) is 41.5 Å². The summed E-state index contributed by atoms with van der Waals surface area (Å²) in [6, 6.07) is 6.10. The molecule has 0 unspecified atom stereocenters. The number of hydrogen-bond donors (Lipinski definition) is 1. The number of furan rings is 1. The van der Waals surface area contributed by atoms with Crippen LogP contribution in [0.4, 0.5) is 0 Å². The molecule has 3 nitrogen and oxygen atoms in total. The molecule has 1 heterocycles. The molecule has 1 aromatic carbocycles. The lowest BCUT2D eigenvalue weighted by Gasteiger charge is -2.29. The van der Waals surface area contributed by atoms with Crippen molar-refractivity contribution in [3.8, 4) is 11.5 Å². The van der Waals surface area contributed by atoms with Gasteiger partial charge in [0.2, 0.25) is 0 Å². The average Bonchev–Trinajstić information content (AvgIpc) is 2.91. The molecule has 0 aliphatic rings. The third-order valence-electron chi connectivity index (χ3n) is 4.70. The number of phenols is 1. The Bertz CT molecular complexity index is 738. The fourth-order valence-electron chi connectivity index (χ4n) is 2.96. The van der Waals surface area contributed by atoms with Gasteiger partial charge in [-0.25, -0.2) is 0 Å². The Morgan fingerprint density at radius 3 is 1.85 bits per heavy atom. The van der Waals surface area contributed by atoms with Crippen molar-refractivity contribution >= 4 is 13.5 Å². The van der Waals surface area contributed by atoms with E-state index >= 15 is 0 Å². The minimum atomic E-state index is -1.83. The van der Waals surface area contributed by atoms with Crippen molar-refractivity contribution in [2.45, 2.75) is 72.4 Å². The third-order valence-corrected chi connectivity index (χ3v) is 7.16. The molecular weight excluding hydrogens is 340 g/mol. The second-order valence-corrected chi connectivity index (χ2v) is 14.6. The molecule has 26 heavy (non-hydrogen) atoms. The van der Waals surface area contributed by atoms with E-state index in [-0.39, 0.29) is 10.8 Å². The number of benzene rings is 1. The summed E-state index contributed by atoms with van der Waals surface area (Å²) >= 11 is 0. The van der Waals surface area contributed by atoms with Crippen LogP contribution in [0.5, 0.6) is 11.5 Å². The van der Waals surface area contributed by atoms with Gasteiger partial charge in [0, 0.05) is 11.1 Å². The highest BCUT2D eigenvalue weighted by molar-refractivity contribution is 6.88. The van der Waals surface area contributed by atoms with Gasteiger partial charge in [-0.3, -0.25) is 0 Å². The normalized spacial score (nSPS) is 13.1. The third kappa shape index (κ3) is 4.53. The molecule has 2 rings (SSSR count). The zero-order valence-electron chi connectivity index (χ0n) is 17.8. The number of ether oxygens (including phenoxy) is 1. The predicted molar refractivity (Wildman–Crippen MR) is 112 cm³/mol. The van der Waals surface area contributed by atoms with Gasteiger partial charge in [0.25, 0.3) is 0 Å². The number of aryl methyl sites for hydroxylation is 1. The summed E-state index contributed by atoms with van der Waals surface area (Å²) in [6.45, 7) is 19.2. The van der Waals surface area contributed by atoms with Crippen molar-refractivity contribution in [1.82, 2.24) is 0 Å². The lowest BCUT2D eigenvalue weighted by molar-refractivity contribution is 0.368. The highest BCUT2D eigenvalue weighted by Gasteiger charge is 2.30. The van der Waals surface area contributed by atoms with Gasteiger partial charge in [-0.1, -0.05) is 54.6 Å². The van der Waals surface area contributed by atoms with E-state index in [2.05, 4.69) is 60.7 Å². The molecule has 0 fully saturated rings. The molecule has 0 saturated carbocycles. The van der Waals surface area contributed by atoms with E-state index in [9.17, 15) is 5.11 Å². The zero-order valence-corrected chi connectivity index (χ0v) is 18.8. The second-order valence-electron chi connectivity index (χ2n) is 10.0. The summed E-state index contributed by atoms with van der Waals surface area (Å²) < 4.78 is 12.0. The van der Waals surface area contributed by atoms with Crippen LogP contribution in [-0.4, -0.2) is 19.4 Å². The van der Waals surface area contributed by atoms with Gasteiger partial charge in [0.15, 0.2) is 8.07 Å². The van der Waals surface area contributed by atoms with Crippen molar-refractivity contribution in [2.75, 3.05) is 6.23 Å². The molecule has 0 atom stereocenters. The standard InChI is InChI=1S/C22H34O3Si/c1-15-10-19(24-13-15)26(8,9)14-25-16-11-17(21(2,3)4)20(23)18(12-16)22(5,6)7/h10-13,23H,14H2,1-9H3. The van der Waals surface area contributed by atoms with Crippen LogP contribution in [0.15, 0.2) is 28.9 Å². The highest BCUT2D eigenvalue weighted by Crippen LogP contribution is 2.41. The second kappa shape index (κ2) is 6.80. The maximum absolute atomic E-state index is 10.8. The van der Waals surface area contributed by atoms with Crippen LogP contribution in [-0.2, 0) is 10.8 Å². The smallest absolute Gasteiger partial charge is 0.168 e. The first-order valence-electron chi connectivity index (χ1n) is 9.28. The molecule has 1 N–H and O–H groups in total. The molecule has 0 radical (unpaired) electrons. The van der Waals surface area contributed by atoms with Gasteiger partial charge in [0.1, 0.15) is 11.5 Å². The van der Waals surface area contributed by atoms with E-state index in [4.69, 9.17) is 9.15 Å². The first-order valence-corrected chi connectivity index (χ1v) is 12.5. The quantitative estimate of drug-likeness (QED) is 0.726. The Labute approximate surface area is 159 Å². The van der Waals surface area contributed by atoms with Crippen molar-refractivity contribution in [3.05, 3.63) is 41.2 Å².